The van der Waals surface area contributed by atoms with Gasteiger partial charge in [0, 0.05) is 43.1 Å². The molecule has 0 bridgehead atoms. The lowest BCUT2D eigenvalue weighted by Crippen LogP contribution is -2.54. The van der Waals surface area contributed by atoms with Crippen LogP contribution in [0.4, 0.5) is 11.4 Å². The first kappa shape index (κ1) is 17.9. The number of hydrogen-bond acceptors (Lipinski definition) is 4. The number of piperazine rings is 1. The number of rotatable bonds is 2. The first-order chi connectivity index (χ1) is 13.1. The van der Waals surface area contributed by atoms with Crippen LogP contribution in [0.3, 0.4) is 0 Å². The SMILES string of the molecule is Cc1ccc(N2CCN(C(=S)Nc3ccc4c(c3)OCCO4)CC2C)cc1. The highest BCUT2D eigenvalue weighted by molar-refractivity contribution is 7.80. The van der Waals surface area contributed by atoms with Gasteiger partial charge in [-0.3, -0.25) is 0 Å². The van der Waals surface area contributed by atoms with Gasteiger partial charge >= 0.3 is 0 Å². The monoisotopic (exact) mass is 383 g/mol. The predicted molar refractivity (Wildman–Crippen MR) is 113 cm³/mol. The first-order valence-corrected chi connectivity index (χ1v) is 9.80. The van der Waals surface area contributed by atoms with Crippen molar-refractivity contribution in [3.8, 4) is 11.5 Å². The predicted octanol–water partition coefficient (Wildman–Crippen LogP) is 3.67. The lowest BCUT2D eigenvalue weighted by Gasteiger charge is -2.42. The van der Waals surface area contributed by atoms with Crippen molar-refractivity contribution < 1.29 is 9.47 Å². The van der Waals surface area contributed by atoms with Crippen molar-refractivity contribution in [3.05, 3.63) is 48.0 Å². The van der Waals surface area contributed by atoms with Crippen molar-refractivity contribution in [1.29, 1.82) is 0 Å². The van der Waals surface area contributed by atoms with E-state index in [1.807, 2.05) is 18.2 Å². The van der Waals surface area contributed by atoms with E-state index in [2.05, 4.69) is 53.2 Å². The minimum Gasteiger partial charge on any atom is -0.486 e. The summed E-state index contributed by atoms with van der Waals surface area (Å²) in [6.07, 6.45) is 0. The van der Waals surface area contributed by atoms with Gasteiger partial charge in [0.05, 0.1) is 0 Å². The number of ether oxygens (including phenoxy) is 2. The Morgan fingerprint density at radius 1 is 1.04 bits per heavy atom. The third-order valence-electron chi connectivity index (χ3n) is 5.07. The van der Waals surface area contributed by atoms with Gasteiger partial charge < -0.3 is 24.6 Å². The number of thiocarbonyl (C=S) groups is 1. The Hall–Kier alpha value is -2.47. The fourth-order valence-electron chi connectivity index (χ4n) is 3.59. The van der Waals surface area contributed by atoms with Gasteiger partial charge in [-0.05, 0) is 50.3 Å². The molecule has 0 spiro atoms. The van der Waals surface area contributed by atoms with Crippen LogP contribution in [0.5, 0.6) is 11.5 Å². The third kappa shape index (κ3) is 3.95. The summed E-state index contributed by atoms with van der Waals surface area (Å²) in [4.78, 5) is 4.68. The molecule has 0 aliphatic carbocycles. The molecule has 142 valence electrons. The summed E-state index contributed by atoms with van der Waals surface area (Å²) in [6.45, 7) is 8.29. The highest BCUT2D eigenvalue weighted by Gasteiger charge is 2.25. The van der Waals surface area contributed by atoms with Gasteiger partial charge in [-0.1, -0.05) is 17.7 Å². The largest absolute Gasteiger partial charge is 0.486 e. The van der Waals surface area contributed by atoms with E-state index in [1.165, 1.54) is 11.3 Å². The molecule has 6 heteroatoms. The van der Waals surface area contributed by atoms with Gasteiger partial charge in [-0.2, -0.15) is 0 Å². The molecule has 1 unspecified atom stereocenters. The molecule has 2 aliphatic rings. The van der Waals surface area contributed by atoms with E-state index >= 15 is 0 Å². The van der Waals surface area contributed by atoms with E-state index in [4.69, 9.17) is 21.7 Å². The highest BCUT2D eigenvalue weighted by atomic mass is 32.1. The van der Waals surface area contributed by atoms with Crippen LogP contribution in [0, 0.1) is 6.92 Å². The minimum atomic E-state index is 0.390. The molecule has 4 rings (SSSR count). The third-order valence-corrected chi connectivity index (χ3v) is 5.43. The smallest absolute Gasteiger partial charge is 0.173 e. The zero-order valence-corrected chi connectivity index (χ0v) is 16.6. The maximum Gasteiger partial charge on any atom is 0.173 e. The van der Waals surface area contributed by atoms with Crippen LogP contribution in [-0.4, -0.2) is 48.9 Å². The van der Waals surface area contributed by atoms with Gasteiger partial charge in [0.15, 0.2) is 16.6 Å². The number of benzene rings is 2. The molecule has 1 atom stereocenters. The zero-order chi connectivity index (χ0) is 18.8. The van der Waals surface area contributed by atoms with E-state index in [0.29, 0.717) is 19.3 Å². The lowest BCUT2D eigenvalue weighted by molar-refractivity contribution is 0.171. The Morgan fingerprint density at radius 2 is 1.78 bits per heavy atom. The summed E-state index contributed by atoms with van der Waals surface area (Å²) >= 11 is 5.66. The molecule has 0 radical (unpaired) electrons. The molecule has 5 nitrogen and oxygen atoms in total. The maximum atomic E-state index is 5.66. The summed E-state index contributed by atoms with van der Waals surface area (Å²) in [5, 5.41) is 4.10. The summed E-state index contributed by atoms with van der Waals surface area (Å²) in [6, 6.07) is 15.0. The number of nitrogens with one attached hydrogen (secondary N) is 1. The van der Waals surface area contributed by atoms with Crippen molar-refractivity contribution in [2.24, 2.45) is 0 Å². The number of nitrogens with zero attached hydrogens (tertiary/aromatic N) is 2. The Kier molecular flexibility index (Phi) is 5.07. The second kappa shape index (κ2) is 7.64. The quantitative estimate of drug-likeness (QED) is 0.798. The molecule has 0 amide bonds. The normalized spacial score (nSPS) is 19.0. The molecule has 0 aromatic heterocycles. The van der Waals surface area contributed by atoms with Gasteiger partial charge in [0.1, 0.15) is 13.2 Å². The van der Waals surface area contributed by atoms with Crippen molar-refractivity contribution in [2.45, 2.75) is 19.9 Å². The van der Waals surface area contributed by atoms with Crippen molar-refractivity contribution in [3.63, 3.8) is 0 Å². The Morgan fingerprint density at radius 3 is 2.52 bits per heavy atom. The summed E-state index contributed by atoms with van der Waals surface area (Å²) in [5.41, 5.74) is 3.49. The molecular formula is C21H25N3O2S. The number of fused-ring (bicyclic) bond motifs is 1. The van der Waals surface area contributed by atoms with E-state index in [1.54, 1.807) is 0 Å². The van der Waals surface area contributed by atoms with Crippen LogP contribution < -0.4 is 19.7 Å². The van der Waals surface area contributed by atoms with E-state index in [9.17, 15) is 0 Å². The molecule has 1 saturated heterocycles. The lowest BCUT2D eigenvalue weighted by atomic mass is 10.1. The number of aryl methyl sites for hydroxylation is 1. The molecule has 27 heavy (non-hydrogen) atoms. The zero-order valence-electron chi connectivity index (χ0n) is 15.8. The standard InChI is InChI=1S/C21H25N3O2S/c1-15-3-6-18(7-4-15)24-10-9-23(14-16(24)2)21(27)22-17-5-8-19-20(13-17)26-12-11-25-19/h3-8,13,16H,9-12,14H2,1-2H3,(H,22,27). The average molecular weight is 384 g/mol. The topological polar surface area (TPSA) is 37.0 Å². The average Bonchev–Trinajstić information content (AvgIpc) is 2.68. The van der Waals surface area contributed by atoms with E-state index in [-0.39, 0.29) is 0 Å². The van der Waals surface area contributed by atoms with Gasteiger partial charge in [-0.15, -0.1) is 0 Å². The fraction of sp³-hybridized carbons (Fsp3) is 0.381. The van der Waals surface area contributed by atoms with Crippen LogP contribution in [0.1, 0.15) is 12.5 Å². The second-order valence-electron chi connectivity index (χ2n) is 7.11. The molecule has 2 aromatic rings. The Bertz CT molecular complexity index is 825. The van der Waals surface area contributed by atoms with Crippen molar-refractivity contribution >= 4 is 28.7 Å². The highest BCUT2D eigenvalue weighted by Crippen LogP contribution is 2.32. The molecule has 1 N–H and O–H groups in total. The molecule has 2 aromatic carbocycles. The Balaban J connectivity index is 1.38. The number of hydrogen-bond donors (Lipinski definition) is 1. The Labute approximate surface area is 165 Å². The van der Waals surface area contributed by atoms with Gasteiger partial charge in [0.2, 0.25) is 0 Å². The molecular weight excluding hydrogens is 358 g/mol. The second-order valence-corrected chi connectivity index (χ2v) is 7.50. The minimum absolute atomic E-state index is 0.390. The molecule has 2 heterocycles. The van der Waals surface area contributed by atoms with Crippen LogP contribution in [0.15, 0.2) is 42.5 Å². The summed E-state index contributed by atoms with van der Waals surface area (Å²) in [7, 11) is 0. The summed E-state index contributed by atoms with van der Waals surface area (Å²) < 4.78 is 11.2. The molecule has 2 aliphatic heterocycles. The number of anilines is 2. The van der Waals surface area contributed by atoms with Crippen LogP contribution >= 0.6 is 12.2 Å². The van der Waals surface area contributed by atoms with Crippen LogP contribution in [0.25, 0.3) is 0 Å². The summed E-state index contributed by atoms with van der Waals surface area (Å²) in [5.74, 6) is 1.56. The molecule has 0 saturated carbocycles. The van der Waals surface area contributed by atoms with E-state index < -0.39 is 0 Å². The van der Waals surface area contributed by atoms with Crippen molar-refractivity contribution in [2.75, 3.05) is 43.1 Å². The van der Waals surface area contributed by atoms with Gasteiger partial charge in [0.25, 0.3) is 0 Å². The molecule has 1 fully saturated rings. The van der Waals surface area contributed by atoms with Crippen molar-refractivity contribution in [1.82, 2.24) is 4.90 Å². The van der Waals surface area contributed by atoms with Gasteiger partial charge in [-0.25, -0.2) is 0 Å². The maximum absolute atomic E-state index is 5.66. The van der Waals surface area contributed by atoms with Crippen LogP contribution in [0.2, 0.25) is 0 Å². The van der Waals surface area contributed by atoms with E-state index in [0.717, 1.165) is 41.9 Å². The van der Waals surface area contributed by atoms with Crippen LogP contribution in [-0.2, 0) is 0 Å². The first-order valence-electron chi connectivity index (χ1n) is 9.39. The fourth-order valence-corrected chi connectivity index (χ4v) is 3.87.